The molecule has 0 saturated carbocycles. The Labute approximate surface area is 141 Å². The molecule has 3 aromatic rings. The maximum Gasteiger partial charge on any atom is 0.243 e. The van der Waals surface area contributed by atoms with Gasteiger partial charge in [0.2, 0.25) is 10.0 Å². The highest BCUT2D eigenvalue weighted by atomic mass is 32.2. The Morgan fingerprint density at radius 1 is 1.17 bits per heavy atom. The van der Waals surface area contributed by atoms with E-state index in [1.165, 1.54) is 4.31 Å². The summed E-state index contributed by atoms with van der Waals surface area (Å²) in [6, 6.07) is 10.6. The molecule has 0 fully saturated rings. The quantitative estimate of drug-likeness (QED) is 0.712. The summed E-state index contributed by atoms with van der Waals surface area (Å²) in [6.07, 6.45) is 3.47. The van der Waals surface area contributed by atoms with Gasteiger partial charge in [-0.2, -0.15) is 9.40 Å². The van der Waals surface area contributed by atoms with Gasteiger partial charge in [-0.15, -0.1) is 0 Å². The van der Waals surface area contributed by atoms with Crippen molar-refractivity contribution in [2.75, 3.05) is 14.2 Å². The highest BCUT2D eigenvalue weighted by Crippen LogP contribution is 2.32. The van der Waals surface area contributed by atoms with E-state index in [4.69, 9.17) is 4.74 Å². The number of aromatic nitrogens is 2. The topological polar surface area (TPSA) is 64.4 Å². The third-order valence-corrected chi connectivity index (χ3v) is 5.78. The molecular formula is C17H19N3O3S. The Bertz CT molecular complexity index is 980. The van der Waals surface area contributed by atoms with Crippen LogP contribution < -0.4 is 4.74 Å². The van der Waals surface area contributed by atoms with E-state index in [-0.39, 0.29) is 11.4 Å². The lowest BCUT2D eigenvalue weighted by Crippen LogP contribution is -2.26. The van der Waals surface area contributed by atoms with E-state index in [0.29, 0.717) is 11.1 Å². The molecule has 1 aromatic heterocycles. The number of ether oxygens (including phenoxy) is 1. The third-order valence-electron chi connectivity index (χ3n) is 3.92. The number of sulfonamides is 1. The lowest BCUT2D eigenvalue weighted by atomic mass is 10.1. The van der Waals surface area contributed by atoms with Gasteiger partial charge < -0.3 is 4.74 Å². The van der Waals surface area contributed by atoms with Crippen molar-refractivity contribution < 1.29 is 13.2 Å². The minimum atomic E-state index is -3.64. The van der Waals surface area contributed by atoms with Gasteiger partial charge in [0.25, 0.3) is 0 Å². The van der Waals surface area contributed by atoms with Crippen molar-refractivity contribution in [2.24, 2.45) is 7.05 Å². The molecule has 24 heavy (non-hydrogen) atoms. The lowest BCUT2D eigenvalue weighted by molar-refractivity contribution is 0.419. The van der Waals surface area contributed by atoms with Gasteiger partial charge in [-0.25, -0.2) is 8.42 Å². The number of rotatable bonds is 5. The van der Waals surface area contributed by atoms with Crippen LogP contribution in [0.15, 0.2) is 53.7 Å². The fourth-order valence-corrected chi connectivity index (χ4v) is 4.06. The first-order valence-electron chi connectivity index (χ1n) is 7.43. The molecule has 0 bridgehead atoms. The molecule has 6 nitrogen and oxygen atoms in total. The zero-order chi connectivity index (χ0) is 17.3. The molecule has 0 atom stereocenters. The first-order valence-corrected chi connectivity index (χ1v) is 8.87. The summed E-state index contributed by atoms with van der Waals surface area (Å²) in [5.41, 5.74) is 0.835. The normalized spacial score (nSPS) is 12.0. The van der Waals surface area contributed by atoms with Gasteiger partial charge in [-0.1, -0.05) is 24.3 Å². The first kappa shape index (κ1) is 16.5. The van der Waals surface area contributed by atoms with Gasteiger partial charge in [0.1, 0.15) is 5.75 Å². The second-order valence-corrected chi connectivity index (χ2v) is 7.61. The molecule has 3 rings (SSSR count). The smallest absolute Gasteiger partial charge is 0.243 e. The van der Waals surface area contributed by atoms with Crippen LogP contribution in [0.5, 0.6) is 5.75 Å². The number of methoxy groups -OCH3 is 1. The Hall–Kier alpha value is -2.38. The fraction of sp³-hybridized carbons (Fsp3) is 0.235. The molecule has 0 saturated heterocycles. The van der Waals surface area contributed by atoms with Crippen molar-refractivity contribution >= 4 is 20.8 Å². The van der Waals surface area contributed by atoms with Gasteiger partial charge in [-0.05, 0) is 12.1 Å². The average molecular weight is 345 g/mol. The minimum Gasteiger partial charge on any atom is -0.496 e. The second kappa shape index (κ2) is 6.26. The molecule has 0 N–H and O–H groups in total. The molecule has 2 aromatic carbocycles. The van der Waals surface area contributed by atoms with E-state index in [2.05, 4.69) is 5.10 Å². The molecule has 0 aliphatic carbocycles. The Morgan fingerprint density at radius 2 is 1.88 bits per heavy atom. The summed E-state index contributed by atoms with van der Waals surface area (Å²) in [5.74, 6) is 0.652. The molecule has 0 spiro atoms. The van der Waals surface area contributed by atoms with Crippen LogP contribution in [0.4, 0.5) is 0 Å². The lowest BCUT2D eigenvalue weighted by Gasteiger charge is -2.18. The second-order valence-electron chi connectivity index (χ2n) is 5.59. The summed E-state index contributed by atoms with van der Waals surface area (Å²) in [5, 5.41) is 5.50. The molecule has 0 aliphatic rings. The number of fused-ring (bicyclic) bond motifs is 1. The third kappa shape index (κ3) is 2.88. The molecule has 126 valence electrons. The van der Waals surface area contributed by atoms with Crippen LogP contribution in [0.1, 0.15) is 5.56 Å². The zero-order valence-electron chi connectivity index (χ0n) is 13.8. The average Bonchev–Trinajstić information content (AvgIpc) is 2.98. The largest absolute Gasteiger partial charge is 0.496 e. The maximum absolute atomic E-state index is 13.0. The van der Waals surface area contributed by atoms with E-state index >= 15 is 0 Å². The van der Waals surface area contributed by atoms with Gasteiger partial charge in [0.15, 0.2) is 0 Å². The minimum absolute atomic E-state index is 0.260. The highest BCUT2D eigenvalue weighted by Gasteiger charge is 2.24. The SMILES string of the molecule is COc1ccc(S(=O)(=O)N(C)Cc2cnn(C)c2)c2ccccc12. The summed E-state index contributed by atoms with van der Waals surface area (Å²) < 4.78 is 34.3. The summed E-state index contributed by atoms with van der Waals surface area (Å²) >= 11 is 0. The van der Waals surface area contributed by atoms with Crippen LogP contribution in [0.3, 0.4) is 0 Å². The summed E-state index contributed by atoms with van der Waals surface area (Å²) in [6.45, 7) is 0.260. The van der Waals surface area contributed by atoms with Gasteiger partial charge in [-0.3, -0.25) is 4.68 Å². The van der Waals surface area contributed by atoms with E-state index in [1.807, 2.05) is 18.2 Å². The van der Waals surface area contributed by atoms with Crippen LogP contribution in [-0.2, 0) is 23.6 Å². The van der Waals surface area contributed by atoms with Gasteiger partial charge in [0, 0.05) is 43.2 Å². The number of hydrogen-bond donors (Lipinski definition) is 0. The molecule has 1 heterocycles. The van der Waals surface area contributed by atoms with Gasteiger partial charge in [0.05, 0.1) is 18.2 Å². The first-order chi connectivity index (χ1) is 11.4. The van der Waals surface area contributed by atoms with Crippen LogP contribution in [0.25, 0.3) is 10.8 Å². The van der Waals surface area contributed by atoms with E-state index in [0.717, 1.165) is 10.9 Å². The van der Waals surface area contributed by atoms with Crippen LogP contribution in [-0.4, -0.2) is 36.7 Å². The van der Waals surface area contributed by atoms with Crippen molar-refractivity contribution in [3.05, 3.63) is 54.4 Å². The molecule has 0 radical (unpaired) electrons. The molecule has 0 unspecified atom stereocenters. The number of benzene rings is 2. The van der Waals surface area contributed by atoms with Crippen molar-refractivity contribution in [1.29, 1.82) is 0 Å². The Morgan fingerprint density at radius 3 is 2.50 bits per heavy atom. The van der Waals surface area contributed by atoms with Gasteiger partial charge >= 0.3 is 0 Å². The fourth-order valence-electron chi connectivity index (χ4n) is 2.71. The number of aryl methyl sites for hydroxylation is 1. The van der Waals surface area contributed by atoms with Crippen LogP contribution >= 0.6 is 0 Å². The number of nitrogens with zero attached hydrogens (tertiary/aromatic N) is 3. The van der Waals surface area contributed by atoms with E-state index < -0.39 is 10.0 Å². The monoisotopic (exact) mass is 345 g/mol. The molecule has 0 aliphatic heterocycles. The predicted molar refractivity (Wildman–Crippen MR) is 92.4 cm³/mol. The molecular weight excluding hydrogens is 326 g/mol. The standard InChI is InChI=1S/C17H19N3O3S/c1-19-11-13(10-18-19)12-20(2)24(21,22)17-9-8-16(23-3)14-6-4-5-7-15(14)17/h4-11H,12H2,1-3H3. The van der Waals surface area contributed by atoms with Crippen molar-refractivity contribution in [3.8, 4) is 5.75 Å². The van der Waals surface area contributed by atoms with Crippen LogP contribution in [0, 0.1) is 0 Å². The van der Waals surface area contributed by atoms with Crippen molar-refractivity contribution in [1.82, 2.24) is 14.1 Å². The summed E-state index contributed by atoms with van der Waals surface area (Å²) in [4.78, 5) is 0.269. The Balaban J connectivity index is 2.05. The maximum atomic E-state index is 13.0. The van der Waals surface area contributed by atoms with Crippen LogP contribution in [0.2, 0.25) is 0 Å². The highest BCUT2D eigenvalue weighted by molar-refractivity contribution is 7.89. The van der Waals surface area contributed by atoms with Crippen molar-refractivity contribution in [3.63, 3.8) is 0 Å². The molecule has 0 amide bonds. The predicted octanol–water partition coefficient (Wildman–Crippen LogP) is 2.40. The zero-order valence-corrected chi connectivity index (χ0v) is 14.6. The number of hydrogen-bond acceptors (Lipinski definition) is 4. The van der Waals surface area contributed by atoms with Crippen molar-refractivity contribution in [2.45, 2.75) is 11.4 Å². The Kier molecular flexibility index (Phi) is 4.29. The van der Waals surface area contributed by atoms with E-state index in [1.54, 1.807) is 56.5 Å². The van der Waals surface area contributed by atoms with E-state index in [9.17, 15) is 8.42 Å². The molecule has 7 heteroatoms. The summed E-state index contributed by atoms with van der Waals surface area (Å²) in [7, 11) is 1.31.